The lowest BCUT2D eigenvalue weighted by atomic mass is 10.1. The van der Waals surface area contributed by atoms with Crippen LogP contribution in [0.4, 0.5) is 0 Å². The molecule has 0 spiro atoms. The zero-order valence-corrected chi connectivity index (χ0v) is 18.2. The summed E-state index contributed by atoms with van der Waals surface area (Å²) < 4.78 is 5.46. The van der Waals surface area contributed by atoms with Crippen LogP contribution in [0.1, 0.15) is 28.5 Å². The van der Waals surface area contributed by atoms with Gasteiger partial charge in [-0.15, -0.1) is 11.3 Å². The van der Waals surface area contributed by atoms with Gasteiger partial charge in [0.1, 0.15) is 10.8 Å². The maximum atomic E-state index is 12.3. The number of nitrogens with zero attached hydrogens (tertiary/aromatic N) is 2. The molecule has 2 amide bonds. The fourth-order valence-electron chi connectivity index (χ4n) is 2.83. The molecule has 0 aliphatic rings. The third-order valence-electron chi connectivity index (χ3n) is 4.40. The maximum absolute atomic E-state index is 12.3. The lowest BCUT2D eigenvalue weighted by Gasteiger charge is -2.10. The number of thiazole rings is 1. The molecule has 3 rings (SSSR count). The zero-order chi connectivity index (χ0) is 21.5. The molecule has 156 valence electrons. The number of hydrogen-bond donors (Lipinski definition) is 1. The monoisotopic (exact) mass is 423 g/mol. The van der Waals surface area contributed by atoms with Gasteiger partial charge in [0, 0.05) is 37.1 Å². The molecular weight excluding hydrogens is 398 g/mol. The van der Waals surface area contributed by atoms with Crippen molar-refractivity contribution in [2.45, 2.75) is 19.9 Å². The molecule has 0 atom stereocenters. The molecule has 1 heterocycles. The Morgan fingerprint density at radius 2 is 1.77 bits per heavy atom. The Labute approximate surface area is 180 Å². The van der Waals surface area contributed by atoms with Crippen LogP contribution in [0.5, 0.6) is 5.75 Å². The first-order chi connectivity index (χ1) is 14.5. The van der Waals surface area contributed by atoms with E-state index in [1.165, 1.54) is 16.2 Å². The standard InChI is InChI=1S/C23H25N3O3S/c1-4-29-20-11-9-17(10-12-20)22-25-19(15-30-22)13-21(27)24-14-16-5-7-18(8-6-16)23(28)26(2)3/h5-12,15H,4,13-14H2,1-3H3,(H,24,27). The molecule has 30 heavy (non-hydrogen) atoms. The SMILES string of the molecule is CCOc1ccc(-c2nc(CC(=O)NCc3ccc(C(=O)N(C)C)cc3)cs2)cc1. The van der Waals surface area contributed by atoms with Gasteiger partial charge in [-0.1, -0.05) is 12.1 Å². The first-order valence-corrected chi connectivity index (χ1v) is 10.6. The molecule has 3 aromatic rings. The molecule has 0 aliphatic heterocycles. The number of amides is 2. The molecule has 0 saturated carbocycles. The summed E-state index contributed by atoms with van der Waals surface area (Å²) in [5.41, 5.74) is 3.31. The van der Waals surface area contributed by atoms with Gasteiger partial charge in [-0.05, 0) is 48.9 Å². The van der Waals surface area contributed by atoms with Crippen LogP contribution in [0.25, 0.3) is 10.6 Å². The summed E-state index contributed by atoms with van der Waals surface area (Å²) in [5.74, 6) is 0.695. The number of ether oxygens (including phenoxy) is 1. The summed E-state index contributed by atoms with van der Waals surface area (Å²) in [6.45, 7) is 2.99. The molecule has 0 radical (unpaired) electrons. The molecule has 0 saturated heterocycles. The fraction of sp³-hybridized carbons (Fsp3) is 0.261. The smallest absolute Gasteiger partial charge is 0.253 e. The number of nitrogens with one attached hydrogen (secondary N) is 1. The molecule has 2 aromatic carbocycles. The first-order valence-electron chi connectivity index (χ1n) is 9.71. The predicted molar refractivity (Wildman–Crippen MR) is 119 cm³/mol. The highest BCUT2D eigenvalue weighted by Crippen LogP contribution is 2.26. The number of carbonyl (C=O) groups excluding carboxylic acids is 2. The fourth-order valence-corrected chi connectivity index (χ4v) is 3.66. The largest absolute Gasteiger partial charge is 0.494 e. The van der Waals surface area contributed by atoms with Gasteiger partial charge in [0.2, 0.25) is 5.91 Å². The van der Waals surface area contributed by atoms with Crippen LogP contribution in [0, 0.1) is 0 Å². The van der Waals surface area contributed by atoms with E-state index in [1.807, 2.05) is 48.7 Å². The van der Waals surface area contributed by atoms with Gasteiger partial charge in [-0.3, -0.25) is 9.59 Å². The lowest BCUT2D eigenvalue weighted by Crippen LogP contribution is -2.25. The normalized spacial score (nSPS) is 10.5. The number of rotatable bonds is 8. The van der Waals surface area contributed by atoms with Crippen molar-refractivity contribution >= 4 is 23.2 Å². The van der Waals surface area contributed by atoms with E-state index in [2.05, 4.69) is 10.3 Å². The highest BCUT2D eigenvalue weighted by Gasteiger charge is 2.10. The van der Waals surface area contributed by atoms with Gasteiger partial charge in [0.05, 0.1) is 18.7 Å². The van der Waals surface area contributed by atoms with Gasteiger partial charge < -0.3 is 15.0 Å². The van der Waals surface area contributed by atoms with E-state index >= 15 is 0 Å². The third-order valence-corrected chi connectivity index (χ3v) is 5.34. The molecule has 7 heteroatoms. The van der Waals surface area contributed by atoms with Crippen LogP contribution in [-0.4, -0.2) is 42.4 Å². The van der Waals surface area contributed by atoms with Gasteiger partial charge in [0.25, 0.3) is 5.91 Å². The average molecular weight is 424 g/mol. The van der Waals surface area contributed by atoms with Crippen LogP contribution in [0.3, 0.4) is 0 Å². The minimum atomic E-state index is -0.0908. The Bertz CT molecular complexity index is 995. The zero-order valence-electron chi connectivity index (χ0n) is 17.3. The van der Waals surface area contributed by atoms with Crippen LogP contribution in [0.15, 0.2) is 53.9 Å². The van der Waals surface area contributed by atoms with E-state index in [0.29, 0.717) is 18.7 Å². The van der Waals surface area contributed by atoms with Crippen molar-refractivity contribution < 1.29 is 14.3 Å². The molecule has 1 N–H and O–H groups in total. The van der Waals surface area contributed by atoms with E-state index in [4.69, 9.17) is 4.74 Å². The molecule has 0 unspecified atom stereocenters. The minimum absolute atomic E-state index is 0.0440. The summed E-state index contributed by atoms with van der Waals surface area (Å²) in [4.78, 5) is 30.3. The van der Waals surface area contributed by atoms with Crippen molar-refractivity contribution in [3.8, 4) is 16.3 Å². The number of aromatic nitrogens is 1. The predicted octanol–water partition coefficient (Wildman–Crippen LogP) is 3.77. The summed E-state index contributed by atoms with van der Waals surface area (Å²) in [7, 11) is 3.44. The number of hydrogen-bond acceptors (Lipinski definition) is 5. The summed E-state index contributed by atoms with van der Waals surface area (Å²) in [6, 6.07) is 15.0. The van der Waals surface area contributed by atoms with Crippen LogP contribution >= 0.6 is 11.3 Å². The van der Waals surface area contributed by atoms with Gasteiger partial charge >= 0.3 is 0 Å². The third kappa shape index (κ3) is 5.67. The Hall–Kier alpha value is -3.19. The average Bonchev–Trinajstić information content (AvgIpc) is 3.21. The molecule has 0 bridgehead atoms. The van der Waals surface area contributed by atoms with Crippen molar-refractivity contribution in [2.75, 3.05) is 20.7 Å². The highest BCUT2D eigenvalue weighted by molar-refractivity contribution is 7.13. The molecule has 1 aromatic heterocycles. The Morgan fingerprint density at radius 3 is 2.40 bits per heavy atom. The van der Waals surface area contributed by atoms with E-state index in [-0.39, 0.29) is 18.2 Å². The molecule has 0 fully saturated rings. The van der Waals surface area contributed by atoms with Crippen molar-refractivity contribution in [1.82, 2.24) is 15.2 Å². The van der Waals surface area contributed by atoms with Crippen LogP contribution in [0.2, 0.25) is 0 Å². The highest BCUT2D eigenvalue weighted by atomic mass is 32.1. The maximum Gasteiger partial charge on any atom is 0.253 e. The summed E-state index contributed by atoms with van der Waals surface area (Å²) in [5, 5.41) is 5.69. The second kappa shape index (κ2) is 10.0. The van der Waals surface area contributed by atoms with Crippen LogP contribution in [-0.2, 0) is 17.8 Å². The summed E-state index contributed by atoms with van der Waals surface area (Å²) in [6.07, 6.45) is 0.227. The quantitative estimate of drug-likeness (QED) is 0.599. The molecule has 0 aliphatic carbocycles. The van der Waals surface area contributed by atoms with Crippen molar-refractivity contribution in [3.63, 3.8) is 0 Å². The molecular formula is C23H25N3O3S. The second-order valence-electron chi connectivity index (χ2n) is 6.95. The van der Waals surface area contributed by atoms with E-state index in [9.17, 15) is 9.59 Å². The Kier molecular flexibility index (Phi) is 7.19. The Balaban J connectivity index is 1.52. The van der Waals surface area contributed by atoms with Crippen molar-refractivity contribution in [1.29, 1.82) is 0 Å². The van der Waals surface area contributed by atoms with Crippen molar-refractivity contribution in [3.05, 3.63) is 70.7 Å². The van der Waals surface area contributed by atoms with Gasteiger partial charge in [-0.25, -0.2) is 4.98 Å². The number of carbonyl (C=O) groups is 2. The summed E-state index contributed by atoms with van der Waals surface area (Å²) >= 11 is 1.52. The Morgan fingerprint density at radius 1 is 1.07 bits per heavy atom. The van der Waals surface area contributed by atoms with E-state index in [0.717, 1.165) is 27.6 Å². The van der Waals surface area contributed by atoms with Gasteiger partial charge in [0.15, 0.2) is 0 Å². The lowest BCUT2D eigenvalue weighted by molar-refractivity contribution is -0.120. The van der Waals surface area contributed by atoms with Gasteiger partial charge in [-0.2, -0.15) is 0 Å². The van der Waals surface area contributed by atoms with E-state index < -0.39 is 0 Å². The number of benzene rings is 2. The molecule has 6 nitrogen and oxygen atoms in total. The topological polar surface area (TPSA) is 71.5 Å². The van der Waals surface area contributed by atoms with Crippen molar-refractivity contribution in [2.24, 2.45) is 0 Å². The van der Waals surface area contributed by atoms with E-state index in [1.54, 1.807) is 26.2 Å². The minimum Gasteiger partial charge on any atom is -0.494 e. The van der Waals surface area contributed by atoms with Crippen LogP contribution < -0.4 is 10.1 Å². The first kappa shape index (κ1) is 21.5. The second-order valence-corrected chi connectivity index (χ2v) is 7.81.